The van der Waals surface area contributed by atoms with Crippen LogP contribution in [-0.4, -0.2) is 42.8 Å². The lowest BCUT2D eigenvalue weighted by Gasteiger charge is -2.54. The summed E-state index contributed by atoms with van der Waals surface area (Å²) in [6, 6.07) is 0.598. The third-order valence-electron chi connectivity index (χ3n) is 4.22. The topological polar surface area (TPSA) is 38.5 Å². The zero-order chi connectivity index (χ0) is 13.1. The Morgan fingerprint density at radius 1 is 1.35 bits per heavy atom. The van der Waals surface area contributed by atoms with Crippen LogP contribution in [0.5, 0.6) is 0 Å². The molecule has 1 fully saturated rings. The smallest absolute Gasteiger partial charge is 0.0611 e. The summed E-state index contributed by atoms with van der Waals surface area (Å²) < 4.78 is 5.66. The van der Waals surface area contributed by atoms with E-state index in [1.165, 1.54) is 6.42 Å². The average molecular weight is 242 g/mol. The van der Waals surface area contributed by atoms with Crippen molar-refractivity contribution in [1.29, 1.82) is 0 Å². The summed E-state index contributed by atoms with van der Waals surface area (Å²) in [5.41, 5.74) is 6.19. The van der Waals surface area contributed by atoms with Gasteiger partial charge in [-0.1, -0.05) is 13.8 Å². The standard InChI is InChI=1S/C14H30N2O/c1-6-17-13-8-14(9-13,10-15)16(5)12(4)7-11(2)3/h11-13H,6-10,15H2,1-5H3. The van der Waals surface area contributed by atoms with Crippen LogP contribution in [-0.2, 0) is 4.74 Å². The van der Waals surface area contributed by atoms with Crippen molar-refractivity contribution in [3.8, 4) is 0 Å². The van der Waals surface area contributed by atoms with Gasteiger partial charge in [0.1, 0.15) is 0 Å². The third kappa shape index (κ3) is 3.43. The van der Waals surface area contributed by atoms with Crippen LogP contribution in [0.15, 0.2) is 0 Å². The molecule has 0 heterocycles. The minimum absolute atomic E-state index is 0.189. The molecule has 0 aromatic heterocycles. The summed E-state index contributed by atoms with van der Waals surface area (Å²) in [7, 11) is 2.22. The van der Waals surface area contributed by atoms with Gasteiger partial charge in [0.2, 0.25) is 0 Å². The average Bonchev–Trinajstić information content (AvgIpc) is 2.21. The maximum absolute atomic E-state index is 6.00. The van der Waals surface area contributed by atoms with Crippen molar-refractivity contribution in [2.24, 2.45) is 11.7 Å². The molecule has 102 valence electrons. The third-order valence-corrected chi connectivity index (χ3v) is 4.22. The molecule has 1 atom stereocenters. The Morgan fingerprint density at radius 3 is 2.35 bits per heavy atom. The Kier molecular flexibility index (Phi) is 5.42. The molecule has 0 aromatic carbocycles. The summed E-state index contributed by atoms with van der Waals surface area (Å²) in [5.74, 6) is 0.741. The molecule has 0 spiro atoms. The first kappa shape index (κ1) is 14.9. The van der Waals surface area contributed by atoms with Gasteiger partial charge in [0.15, 0.2) is 0 Å². The largest absolute Gasteiger partial charge is 0.378 e. The molecule has 0 amide bonds. The van der Waals surface area contributed by atoms with E-state index < -0.39 is 0 Å². The zero-order valence-electron chi connectivity index (χ0n) is 12.2. The van der Waals surface area contributed by atoms with Gasteiger partial charge in [-0.15, -0.1) is 0 Å². The van der Waals surface area contributed by atoms with E-state index in [0.717, 1.165) is 31.9 Å². The Hall–Kier alpha value is -0.120. The van der Waals surface area contributed by atoms with Gasteiger partial charge in [0.25, 0.3) is 0 Å². The lowest BCUT2D eigenvalue weighted by atomic mass is 9.72. The lowest BCUT2D eigenvalue weighted by molar-refractivity contribution is -0.104. The van der Waals surface area contributed by atoms with Gasteiger partial charge < -0.3 is 10.5 Å². The van der Waals surface area contributed by atoms with Gasteiger partial charge in [-0.3, -0.25) is 4.90 Å². The van der Waals surface area contributed by atoms with Gasteiger partial charge in [-0.25, -0.2) is 0 Å². The SMILES string of the molecule is CCOC1CC(CN)(N(C)C(C)CC(C)C)C1. The first-order chi connectivity index (χ1) is 7.95. The number of rotatable bonds is 7. The van der Waals surface area contributed by atoms with Crippen LogP contribution in [0.3, 0.4) is 0 Å². The van der Waals surface area contributed by atoms with E-state index in [1.54, 1.807) is 0 Å². The van der Waals surface area contributed by atoms with E-state index in [4.69, 9.17) is 10.5 Å². The van der Waals surface area contributed by atoms with E-state index in [2.05, 4.69) is 39.6 Å². The number of nitrogens with zero attached hydrogens (tertiary/aromatic N) is 1. The van der Waals surface area contributed by atoms with E-state index in [-0.39, 0.29) is 5.54 Å². The zero-order valence-corrected chi connectivity index (χ0v) is 12.2. The second-order valence-corrected chi connectivity index (χ2v) is 6.00. The normalized spacial score (nSPS) is 30.7. The fourth-order valence-electron chi connectivity index (χ4n) is 3.05. The Morgan fingerprint density at radius 2 is 1.94 bits per heavy atom. The fraction of sp³-hybridized carbons (Fsp3) is 1.00. The van der Waals surface area contributed by atoms with Crippen molar-refractivity contribution in [2.45, 2.75) is 64.6 Å². The van der Waals surface area contributed by atoms with Gasteiger partial charge in [-0.2, -0.15) is 0 Å². The van der Waals surface area contributed by atoms with Crippen LogP contribution in [0, 0.1) is 5.92 Å². The molecule has 2 N–H and O–H groups in total. The summed E-state index contributed by atoms with van der Waals surface area (Å²) in [5, 5.41) is 0. The molecule has 1 aliphatic rings. The van der Waals surface area contributed by atoms with Gasteiger partial charge in [-0.05, 0) is 46.1 Å². The minimum Gasteiger partial charge on any atom is -0.378 e. The van der Waals surface area contributed by atoms with Crippen molar-refractivity contribution in [2.75, 3.05) is 20.2 Å². The van der Waals surface area contributed by atoms with E-state index >= 15 is 0 Å². The fourth-order valence-corrected chi connectivity index (χ4v) is 3.05. The van der Waals surface area contributed by atoms with E-state index in [1.807, 2.05) is 0 Å². The van der Waals surface area contributed by atoms with Gasteiger partial charge >= 0.3 is 0 Å². The highest BCUT2D eigenvalue weighted by Crippen LogP contribution is 2.40. The summed E-state index contributed by atoms with van der Waals surface area (Å²) in [6.45, 7) is 10.5. The Balaban J connectivity index is 2.51. The molecule has 1 unspecified atom stereocenters. The predicted molar refractivity (Wildman–Crippen MR) is 73.1 cm³/mol. The molecule has 0 aromatic rings. The molecule has 0 aliphatic heterocycles. The summed E-state index contributed by atoms with van der Waals surface area (Å²) in [6.07, 6.45) is 3.85. The highest BCUT2D eigenvalue weighted by Gasteiger charge is 2.47. The van der Waals surface area contributed by atoms with Crippen LogP contribution in [0.4, 0.5) is 0 Å². The van der Waals surface area contributed by atoms with Crippen LogP contribution in [0.1, 0.15) is 47.0 Å². The molecule has 3 nitrogen and oxygen atoms in total. The number of hydrogen-bond acceptors (Lipinski definition) is 3. The maximum Gasteiger partial charge on any atom is 0.0611 e. The molecule has 0 radical (unpaired) electrons. The van der Waals surface area contributed by atoms with Crippen molar-refractivity contribution in [3.63, 3.8) is 0 Å². The van der Waals surface area contributed by atoms with Crippen molar-refractivity contribution in [1.82, 2.24) is 4.90 Å². The van der Waals surface area contributed by atoms with Crippen molar-refractivity contribution in [3.05, 3.63) is 0 Å². The van der Waals surface area contributed by atoms with Crippen molar-refractivity contribution >= 4 is 0 Å². The van der Waals surface area contributed by atoms with E-state index in [0.29, 0.717) is 12.1 Å². The van der Waals surface area contributed by atoms with Crippen molar-refractivity contribution < 1.29 is 4.74 Å². The van der Waals surface area contributed by atoms with E-state index in [9.17, 15) is 0 Å². The molecule has 3 heteroatoms. The second-order valence-electron chi connectivity index (χ2n) is 6.00. The summed E-state index contributed by atoms with van der Waals surface area (Å²) in [4.78, 5) is 2.49. The lowest BCUT2D eigenvalue weighted by Crippen LogP contribution is -2.64. The van der Waals surface area contributed by atoms with Gasteiger partial charge in [0, 0.05) is 24.7 Å². The summed E-state index contributed by atoms with van der Waals surface area (Å²) >= 11 is 0. The van der Waals surface area contributed by atoms with Crippen LogP contribution in [0.25, 0.3) is 0 Å². The number of nitrogens with two attached hydrogens (primary N) is 1. The van der Waals surface area contributed by atoms with Crippen LogP contribution in [0.2, 0.25) is 0 Å². The van der Waals surface area contributed by atoms with Crippen LogP contribution >= 0.6 is 0 Å². The second kappa shape index (κ2) is 6.17. The molecule has 17 heavy (non-hydrogen) atoms. The number of hydrogen-bond donors (Lipinski definition) is 1. The molecular formula is C14H30N2O. The molecular weight excluding hydrogens is 212 g/mol. The predicted octanol–water partition coefficient (Wildman–Crippen LogP) is 2.25. The minimum atomic E-state index is 0.189. The first-order valence-corrected chi connectivity index (χ1v) is 6.99. The highest BCUT2D eigenvalue weighted by molar-refractivity contribution is 5.04. The molecule has 1 rings (SSSR count). The quantitative estimate of drug-likeness (QED) is 0.744. The maximum atomic E-state index is 6.00. The number of ether oxygens (including phenoxy) is 1. The highest BCUT2D eigenvalue weighted by atomic mass is 16.5. The molecule has 0 saturated heterocycles. The molecule has 1 saturated carbocycles. The monoisotopic (exact) mass is 242 g/mol. The van der Waals surface area contributed by atoms with Crippen LogP contribution < -0.4 is 5.73 Å². The van der Waals surface area contributed by atoms with Gasteiger partial charge in [0.05, 0.1) is 6.10 Å². The Bertz CT molecular complexity index is 224. The molecule has 0 bridgehead atoms. The Labute approximate surface area is 107 Å². The molecule has 1 aliphatic carbocycles. The number of likely N-dealkylation sites (N-methyl/N-ethyl adjacent to an activating group) is 1. The first-order valence-electron chi connectivity index (χ1n) is 6.99.